The number of nitrogens with zero attached hydrogens (tertiary/aromatic N) is 2. The lowest BCUT2D eigenvalue weighted by Crippen LogP contribution is -2.28. The van der Waals surface area contributed by atoms with Gasteiger partial charge in [-0.1, -0.05) is 12.1 Å². The van der Waals surface area contributed by atoms with Gasteiger partial charge < -0.3 is 15.8 Å². The molecule has 1 aromatic heterocycles. The van der Waals surface area contributed by atoms with Crippen LogP contribution in [0.25, 0.3) is 0 Å². The van der Waals surface area contributed by atoms with Gasteiger partial charge in [0.2, 0.25) is 0 Å². The van der Waals surface area contributed by atoms with Gasteiger partial charge >= 0.3 is 0 Å². The molecule has 0 bridgehead atoms. The van der Waals surface area contributed by atoms with Crippen LogP contribution in [0.4, 0.5) is 5.69 Å². The number of nitrogens with two attached hydrogens (primary N) is 1. The molecule has 1 amide bonds. The molecule has 2 aromatic rings. The molecule has 3 N–H and O–H groups in total. The minimum atomic E-state index is -0.153. The second kappa shape index (κ2) is 6.10. The monoisotopic (exact) mass is 274 g/mol. The lowest BCUT2D eigenvalue weighted by Gasteiger charge is -2.09. The van der Waals surface area contributed by atoms with Gasteiger partial charge in [-0.2, -0.15) is 5.10 Å². The highest BCUT2D eigenvalue weighted by Crippen LogP contribution is 2.19. The smallest absolute Gasteiger partial charge is 0.254 e. The molecule has 1 aromatic carbocycles. The van der Waals surface area contributed by atoms with Crippen LogP contribution in [-0.2, 0) is 7.05 Å². The summed E-state index contributed by atoms with van der Waals surface area (Å²) in [5.74, 6) is 0.472. The van der Waals surface area contributed by atoms with Crippen LogP contribution in [0.5, 0.6) is 5.75 Å². The number of carbonyl (C=O) groups is 1. The molecule has 0 saturated heterocycles. The number of ether oxygens (including phenoxy) is 1. The standard InChI is InChI=1S/C14H18N4O2/c1-10-11(9-18(2)17-10)14(19)16-7-8-20-13-6-4-3-5-12(13)15/h3-6,9H,7-8,15H2,1-2H3,(H,16,19). The van der Waals surface area contributed by atoms with E-state index in [2.05, 4.69) is 10.4 Å². The topological polar surface area (TPSA) is 82.2 Å². The fourth-order valence-electron chi connectivity index (χ4n) is 1.86. The van der Waals surface area contributed by atoms with Crippen LogP contribution in [0, 0.1) is 6.92 Å². The highest BCUT2D eigenvalue weighted by molar-refractivity contribution is 5.94. The van der Waals surface area contributed by atoms with Gasteiger partial charge in [0.25, 0.3) is 5.91 Å². The van der Waals surface area contributed by atoms with E-state index in [0.29, 0.717) is 35.8 Å². The predicted octanol–water partition coefficient (Wildman–Crippen LogP) is 1.12. The Labute approximate surface area is 117 Å². The van der Waals surface area contributed by atoms with Crippen molar-refractivity contribution in [2.45, 2.75) is 6.92 Å². The van der Waals surface area contributed by atoms with Crippen molar-refractivity contribution in [3.8, 4) is 5.75 Å². The highest BCUT2D eigenvalue weighted by Gasteiger charge is 2.11. The molecule has 0 unspecified atom stereocenters. The van der Waals surface area contributed by atoms with Crippen molar-refractivity contribution in [3.05, 3.63) is 41.7 Å². The summed E-state index contributed by atoms with van der Waals surface area (Å²) in [4.78, 5) is 11.9. The average Bonchev–Trinajstić information content (AvgIpc) is 2.75. The van der Waals surface area contributed by atoms with Crippen LogP contribution in [0.2, 0.25) is 0 Å². The Morgan fingerprint density at radius 1 is 1.45 bits per heavy atom. The van der Waals surface area contributed by atoms with Crippen LogP contribution in [0.1, 0.15) is 16.1 Å². The van der Waals surface area contributed by atoms with Crippen molar-refractivity contribution in [2.24, 2.45) is 7.05 Å². The Bertz CT molecular complexity index is 607. The van der Waals surface area contributed by atoms with Gasteiger partial charge in [-0.15, -0.1) is 0 Å². The van der Waals surface area contributed by atoms with Crippen LogP contribution in [-0.4, -0.2) is 28.8 Å². The second-order valence-electron chi connectivity index (χ2n) is 4.44. The molecule has 0 aliphatic carbocycles. The third-order valence-corrected chi connectivity index (χ3v) is 2.82. The molecule has 2 rings (SSSR count). The molecule has 106 valence electrons. The van der Waals surface area contributed by atoms with Crippen molar-refractivity contribution in [1.29, 1.82) is 0 Å². The maximum Gasteiger partial charge on any atom is 0.254 e. The second-order valence-corrected chi connectivity index (χ2v) is 4.44. The number of anilines is 1. The van der Waals surface area contributed by atoms with E-state index in [1.54, 1.807) is 37.0 Å². The first-order valence-corrected chi connectivity index (χ1v) is 6.33. The normalized spacial score (nSPS) is 10.3. The first-order valence-electron chi connectivity index (χ1n) is 6.33. The molecule has 0 fully saturated rings. The van der Waals surface area contributed by atoms with Crippen LogP contribution in [0.3, 0.4) is 0 Å². The number of nitrogen functional groups attached to an aromatic ring is 1. The number of amides is 1. The fraction of sp³-hybridized carbons (Fsp3) is 0.286. The van der Waals surface area contributed by atoms with Gasteiger partial charge in [0, 0.05) is 13.2 Å². The molecule has 1 heterocycles. The molecule has 0 atom stereocenters. The van der Waals surface area contributed by atoms with Gasteiger partial charge in [0.15, 0.2) is 0 Å². The number of benzene rings is 1. The van der Waals surface area contributed by atoms with Crippen molar-refractivity contribution in [3.63, 3.8) is 0 Å². The van der Waals surface area contributed by atoms with Gasteiger partial charge in [0.05, 0.1) is 23.5 Å². The summed E-state index contributed by atoms with van der Waals surface area (Å²) >= 11 is 0. The number of rotatable bonds is 5. The number of carbonyl (C=O) groups excluding carboxylic acids is 1. The summed E-state index contributed by atoms with van der Waals surface area (Å²) in [6, 6.07) is 7.26. The third-order valence-electron chi connectivity index (χ3n) is 2.82. The third kappa shape index (κ3) is 3.28. The summed E-state index contributed by atoms with van der Waals surface area (Å²) in [6.45, 7) is 2.57. The first kappa shape index (κ1) is 13.9. The Kier molecular flexibility index (Phi) is 4.24. The van der Waals surface area contributed by atoms with Crippen LogP contribution < -0.4 is 15.8 Å². The largest absolute Gasteiger partial charge is 0.490 e. The molecule has 6 nitrogen and oxygen atoms in total. The molecular weight excluding hydrogens is 256 g/mol. The molecule has 0 saturated carbocycles. The van der Waals surface area contributed by atoms with E-state index in [1.807, 2.05) is 12.1 Å². The summed E-state index contributed by atoms with van der Waals surface area (Å²) in [7, 11) is 1.78. The zero-order valence-electron chi connectivity index (χ0n) is 11.6. The SMILES string of the molecule is Cc1nn(C)cc1C(=O)NCCOc1ccccc1N. The molecular formula is C14H18N4O2. The first-order chi connectivity index (χ1) is 9.58. The minimum Gasteiger partial charge on any atom is -0.490 e. The molecule has 20 heavy (non-hydrogen) atoms. The van der Waals surface area contributed by atoms with E-state index >= 15 is 0 Å². The van der Waals surface area contributed by atoms with Gasteiger partial charge in [-0.3, -0.25) is 9.48 Å². The lowest BCUT2D eigenvalue weighted by molar-refractivity contribution is 0.0946. The lowest BCUT2D eigenvalue weighted by atomic mass is 10.2. The maximum absolute atomic E-state index is 11.9. The Morgan fingerprint density at radius 3 is 2.85 bits per heavy atom. The number of para-hydroxylation sites is 2. The van der Waals surface area contributed by atoms with Crippen LogP contribution in [0.15, 0.2) is 30.5 Å². The summed E-state index contributed by atoms with van der Waals surface area (Å²) in [6.07, 6.45) is 1.70. The van der Waals surface area contributed by atoms with E-state index in [0.717, 1.165) is 0 Å². The van der Waals surface area contributed by atoms with Crippen molar-refractivity contribution in [1.82, 2.24) is 15.1 Å². The minimum absolute atomic E-state index is 0.153. The van der Waals surface area contributed by atoms with Crippen molar-refractivity contribution in [2.75, 3.05) is 18.9 Å². The van der Waals surface area contributed by atoms with E-state index in [-0.39, 0.29) is 5.91 Å². The fourth-order valence-corrected chi connectivity index (χ4v) is 1.86. The van der Waals surface area contributed by atoms with Gasteiger partial charge in [-0.25, -0.2) is 0 Å². The molecule has 0 aliphatic rings. The molecule has 0 spiro atoms. The Morgan fingerprint density at radius 2 is 2.20 bits per heavy atom. The van der Waals surface area contributed by atoms with Crippen molar-refractivity contribution < 1.29 is 9.53 Å². The number of aromatic nitrogens is 2. The quantitative estimate of drug-likeness (QED) is 0.632. The van der Waals surface area contributed by atoms with Crippen molar-refractivity contribution >= 4 is 11.6 Å². The van der Waals surface area contributed by atoms with E-state index < -0.39 is 0 Å². The summed E-state index contributed by atoms with van der Waals surface area (Å²) in [5, 5.41) is 6.91. The average molecular weight is 274 g/mol. The summed E-state index contributed by atoms with van der Waals surface area (Å²) in [5.41, 5.74) is 7.62. The predicted molar refractivity (Wildman–Crippen MR) is 76.6 cm³/mol. The molecule has 0 radical (unpaired) electrons. The Hall–Kier alpha value is -2.50. The van der Waals surface area contributed by atoms with Gasteiger partial charge in [-0.05, 0) is 19.1 Å². The zero-order chi connectivity index (χ0) is 14.5. The number of nitrogens with one attached hydrogen (secondary N) is 1. The van der Waals surface area contributed by atoms with Gasteiger partial charge in [0.1, 0.15) is 12.4 Å². The molecule has 0 aliphatic heterocycles. The number of hydrogen-bond acceptors (Lipinski definition) is 4. The highest BCUT2D eigenvalue weighted by atomic mass is 16.5. The van der Waals surface area contributed by atoms with E-state index in [9.17, 15) is 4.79 Å². The Balaban J connectivity index is 1.80. The number of hydrogen-bond donors (Lipinski definition) is 2. The molecule has 6 heteroatoms. The van der Waals surface area contributed by atoms with Crippen LogP contribution >= 0.6 is 0 Å². The number of aryl methyl sites for hydroxylation is 2. The van der Waals surface area contributed by atoms with E-state index in [1.165, 1.54) is 0 Å². The zero-order valence-corrected chi connectivity index (χ0v) is 11.6. The summed E-state index contributed by atoms with van der Waals surface area (Å²) < 4.78 is 7.11. The van der Waals surface area contributed by atoms with E-state index in [4.69, 9.17) is 10.5 Å². The maximum atomic E-state index is 11.9.